The van der Waals surface area contributed by atoms with Crippen molar-refractivity contribution in [1.29, 1.82) is 0 Å². The standard InChI is InChI=1S/C26H38O6/c1-2-3-16-26(17-18-26)23(28)13-11-20-10-12-22(27)21(20)9-7-5-4-6-8-19-32-25(31)15-14-24(29)30/h5,7,10-13,20-21,23,28H,2-4,6,8-9,14-19H2,1H3,(H,29,30)/t20-,21-,23-/m1/s1. The number of carbonyl (C=O) groups is 3. The quantitative estimate of drug-likeness (QED) is 0.201. The zero-order chi connectivity index (χ0) is 23.4. The van der Waals surface area contributed by atoms with Crippen LogP contribution < -0.4 is 0 Å². The molecule has 0 radical (unpaired) electrons. The maximum atomic E-state index is 12.2. The van der Waals surface area contributed by atoms with Crippen LogP contribution in [0.4, 0.5) is 0 Å². The number of rotatable bonds is 16. The van der Waals surface area contributed by atoms with Gasteiger partial charge in [0.05, 0.1) is 25.6 Å². The molecule has 6 heteroatoms. The highest BCUT2D eigenvalue weighted by Gasteiger charge is 2.47. The third-order valence-corrected chi connectivity index (χ3v) is 6.50. The molecule has 1 saturated carbocycles. The Bertz CT molecular complexity index is 716. The van der Waals surface area contributed by atoms with E-state index in [1.807, 2.05) is 24.3 Å². The molecule has 32 heavy (non-hydrogen) atoms. The minimum Gasteiger partial charge on any atom is -0.481 e. The van der Waals surface area contributed by atoms with E-state index in [9.17, 15) is 19.5 Å². The van der Waals surface area contributed by atoms with Crippen molar-refractivity contribution in [1.82, 2.24) is 0 Å². The number of esters is 1. The van der Waals surface area contributed by atoms with Crippen molar-refractivity contribution >= 4 is 17.7 Å². The Morgan fingerprint density at radius 1 is 1.22 bits per heavy atom. The number of hydrogen-bond acceptors (Lipinski definition) is 5. The van der Waals surface area contributed by atoms with E-state index >= 15 is 0 Å². The number of allylic oxidation sites excluding steroid dienone is 5. The molecule has 0 bridgehead atoms. The molecular formula is C26H38O6. The summed E-state index contributed by atoms with van der Waals surface area (Å²) in [5.41, 5.74) is 0.0683. The van der Waals surface area contributed by atoms with Gasteiger partial charge in [-0.25, -0.2) is 0 Å². The van der Waals surface area contributed by atoms with Crippen LogP contribution in [0.3, 0.4) is 0 Å². The second-order valence-corrected chi connectivity index (χ2v) is 9.06. The number of unbranched alkanes of at least 4 members (excludes halogenated alkanes) is 3. The Morgan fingerprint density at radius 3 is 2.69 bits per heavy atom. The number of aliphatic hydroxyl groups is 1. The normalized spacial score (nSPS) is 22.6. The van der Waals surface area contributed by atoms with Crippen LogP contribution in [0.1, 0.15) is 77.6 Å². The molecule has 6 nitrogen and oxygen atoms in total. The fraction of sp³-hybridized carbons (Fsp3) is 0.654. The lowest BCUT2D eigenvalue weighted by molar-refractivity contribution is -0.147. The van der Waals surface area contributed by atoms with Crippen molar-refractivity contribution in [2.24, 2.45) is 17.3 Å². The summed E-state index contributed by atoms with van der Waals surface area (Å²) in [6.45, 7) is 2.47. The highest BCUT2D eigenvalue weighted by molar-refractivity contribution is 5.95. The number of ketones is 1. The molecule has 0 amide bonds. The SMILES string of the molecule is CCCCC1([C@H](O)C=C[C@H]2C=CC(=O)[C@@H]2CC=CCCCCOC(=O)CCC(=O)O)CC1. The van der Waals surface area contributed by atoms with Gasteiger partial charge in [0, 0.05) is 11.8 Å². The lowest BCUT2D eigenvalue weighted by Crippen LogP contribution is -2.20. The Balaban J connectivity index is 1.65. The predicted molar refractivity (Wildman–Crippen MR) is 123 cm³/mol. The van der Waals surface area contributed by atoms with Crippen molar-refractivity contribution in [3.8, 4) is 0 Å². The van der Waals surface area contributed by atoms with Gasteiger partial charge in [0.25, 0.3) is 0 Å². The third kappa shape index (κ3) is 8.73. The largest absolute Gasteiger partial charge is 0.481 e. The van der Waals surface area contributed by atoms with Crippen LogP contribution in [0, 0.1) is 17.3 Å². The first-order valence-electron chi connectivity index (χ1n) is 12.0. The second kappa shape index (κ2) is 13.4. The Hall–Kier alpha value is -2.21. The number of hydrogen-bond donors (Lipinski definition) is 2. The Kier molecular flexibility index (Phi) is 10.9. The predicted octanol–water partition coefficient (Wildman–Crippen LogP) is 4.77. The van der Waals surface area contributed by atoms with Gasteiger partial charge in [-0.3, -0.25) is 14.4 Å². The molecule has 0 aromatic rings. The molecule has 2 aliphatic rings. The number of aliphatic hydroxyl groups excluding tert-OH is 1. The summed E-state index contributed by atoms with van der Waals surface area (Å²) in [5.74, 6) is -1.41. The van der Waals surface area contributed by atoms with Crippen molar-refractivity contribution in [3.05, 3.63) is 36.5 Å². The van der Waals surface area contributed by atoms with Crippen LogP contribution in [0.5, 0.6) is 0 Å². The van der Waals surface area contributed by atoms with Crippen LogP contribution in [-0.2, 0) is 19.1 Å². The summed E-state index contributed by atoms with van der Waals surface area (Å²) in [7, 11) is 0. The monoisotopic (exact) mass is 446 g/mol. The van der Waals surface area contributed by atoms with E-state index < -0.39 is 18.0 Å². The molecular weight excluding hydrogens is 408 g/mol. The van der Waals surface area contributed by atoms with Crippen LogP contribution in [0.25, 0.3) is 0 Å². The molecule has 2 N–H and O–H groups in total. The lowest BCUT2D eigenvalue weighted by Gasteiger charge is -2.20. The minimum atomic E-state index is -1.00. The lowest BCUT2D eigenvalue weighted by atomic mass is 9.88. The van der Waals surface area contributed by atoms with Crippen molar-refractivity contribution in [3.63, 3.8) is 0 Å². The van der Waals surface area contributed by atoms with Crippen LogP contribution in [0.15, 0.2) is 36.5 Å². The first-order chi connectivity index (χ1) is 15.4. The zero-order valence-electron chi connectivity index (χ0n) is 19.2. The smallest absolute Gasteiger partial charge is 0.306 e. The molecule has 0 aromatic heterocycles. The maximum absolute atomic E-state index is 12.2. The molecule has 2 rings (SSSR count). The molecule has 0 saturated heterocycles. The average molecular weight is 447 g/mol. The van der Waals surface area contributed by atoms with Crippen LogP contribution >= 0.6 is 0 Å². The summed E-state index contributed by atoms with van der Waals surface area (Å²) >= 11 is 0. The van der Waals surface area contributed by atoms with E-state index in [-0.39, 0.29) is 35.9 Å². The van der Waals surface area contributed by atoms with Gasteiger partial charge in [0.15, 0.2) is 5.78 Å². The van der Waals surface area contributed by atoms with Gasteiger partial charge in [-0.05, 0) is 56.4 Å². The molecule has 0 spiro atoms. The van der Waals surface area contributed by atoms with E-state index in [0.29, 0.717) is 13.0 Å². The number of carboxylic acid groups (broad SMARTS) is 1. The Morgan fingerprint density at radius 2 is 2.00 bits per heavy atom. The van der Waals surface area contributed by atoms with Gasteiger partial charge in [-0.1, -0.05) is 50.1 Å². The summed E-state index contributed by atoms with van der Waals surface area (Å²) in [6.07, 6.45) is 19.5. The van der Waals surface area contributed by atoms with Crippen LogP contribution in [0.2, 0.25) is 0 Å². The molecule has 0 heterocycles. The fourth-order valence-electron chi connectivity index (χ4n) is 4.14. The van der Waals surface area contributed by atoms with E-state index in [2.05, 4.69) is 13.0 Å². The van der Waals surface area contributed by atoms with Gasteiger partial charge in [0.2, 0.25) is 0 Å². The molecule has 0 unspecified atom stereocenters. The van der Waals surface area contributed by atoms with Gasteiger partial charge >= 0.3 is 11.9 Å². The van der Waals surface area contributed by atoms with E-state index in [4.69, 9.17) is 9.84 Å². The van der Waals surface area contributed by atoms with Gasteiger partial charge in [-0.2, -0.15) is 0 Å². The van der Waals surface area contributed by atoms with Gasteiger partial charge < -0.3 is 14.9 Å². The molecule has 2 aliphatic carbocycles. The highest BCUT2D eigenvalue weighted by Crippen LogP contribution is 2.53. The van der Waals surface area contributed by atoms with Crippen LogP contribution in [-0.4, -0.2) is 40.6 Å². The fourth-order valence-corrected chi connectivity index (χ4v) is 4.14. The first-order valence-corrected chi connectivity index (χ1v) is 12.0. The number of ether oxygens (including phenoxy) is 1. The number of aliphatic carboxylic acids is 1. The maximum Gasteiger partial charge on any atom is 0.306 e. The minimum absolute atomic E-state index is 0.0361. The van der Waals surface area contributed by atoms with E-state index in [0.717, 1.165) is 51.4 Å². The molecule has 0 aromatic carbocycles. The topological polar surface area (TPSA) is 101 Å². The number of carbonyl (C=O) groups excluding carboxylic acids is 2. The average Bonchev–Trinajstić information content (AvgIpc) is 3.49. The van der Waals surface area contributed by atoms with E-state index in [1.165, 1.54) is 0 Å². The summed E-state index contributed by atoms with van der Waals surface area (Å²) < 4.78 is 5.00. The molecule has 3 atom stereocenters. The summed E-state index contributed by atoms with van der Waals surface area (Å²) in [5, 5.41) is 19.1. The number of carboxylic acids is 1. The van der Waals surface area contributed by atoms with Gasteiger partial charge in [-0.15, -0.1) is 0 Å². The zero-order valence-corrected chi connectivity index (χ0v) is 19.2. The molecule has 178 valence electrons. The molecule has 0 aliphatic heterocycles. The highest BCUT2D eigenvalue weighted by atomic mass is 16.5. The van der Waals surface area contributed by atoms with Crippen molar-refractivity contribution in [2.75, 3.05) is 6.61 Å². The third-order valence-electron chi connectivity index (χ3n) is 6.50. The van der Waals surface area contributed by atoms with Gasteiger partial charge in [0.1, 0.15) is 0 Å². The molecule has 1 fully saturated rings. The first kappa shape index (κ1) is 26.0. The summed E-state index contributed by atoms with van der Waals surface area (Å²) in [4.78, 5) is 34.0. The Labute approximate surface area is 191 Å². The van der Waals surface area contributed by atoms with Crippen molar-refractivity contribution < 1.29 is 29.3 Å². The van der Waals surface area contributed by atoms with E-state index in [1.54, 1.807) is 6.08 Å². The summed E-state index contributed by atoms with van der Waals surface area (Å²) in [6, 6.07) is 0. The second-order valence-electron chi connectivity index (χ2n) is 9.06. The van der Waals surface area contributed by atoms with Crippen molar-refractivity contribution in [2.45, 2.75) is 83.7 Å².